The van der Waals surface area contributed by atoms with Crippen LogP contribution in [0.15, 0.2) is 0 Å². The topological polar surface area (TPSA) is 311 Å². The van der Waals surface area contributed by atoms with Crippen molar-refractivity contribution in [2.24, 2.45) is 40.7 Å². The summed E-state index contributed by atoms with van der Waals surface area (Å²) in [7, 11) is 0. The summed E-state index contributed by atoms with van der Waals surface area (Å²) in [5, 5.41) is 36.8. The van der Waals surface area contributed by atoms with Crippen molar-refractivity contribution in [1.29, 1.82) is 16.2 Å². The molecular formula is C40H82N14O4. The van der Waals surface area contributed by atoms with Crippen molar-refractivity contribution in [1.82, 2.24) is 36.4 Å². The molecule has 0 aliphatic carbocycles. The van der Waals surface area contributed by atoms with Crippen molar-refractivity contribution in [2.45, 2.75) is 150 Å². The molecule has 0 rings (SSSR count). The van der Waals surface area contributed by atoms with E-state index < -0.39 is 6.04 Å². The van der Waals surface area contributed by atoms with E-state index in [2.05, 4.69) is 40.4 Å². The Labute approximate surface area is 348 Å². The van der Waals surface area contributed by atoms with Crippen LogP contribution >= 0.6 is 0 Å². The second-order valence-electron chi connectivity index (χ2n) is 16.0. The fraction of sp³-hybridized carbons (Fsp3) is 0.825. The van der Waals surface area contributed by atoms with Crippen LogP contribution in [-0.2, 0) is 19.2 Å². The van der Waals surface area contributed by atoms with Gasteiger partial charge in [-0.3, -0.25) is 35.4 Å². The van der Waals surface area contributed by atoms with Gasteiger partial charge in [-0.1, -0.05) is 60.3 Å². The number of nitrogens with one attached hydrogen (secondary N) is 8. The lowest BCUT2D eigenvalue weighted by Gasteiger charge is -2.33. The maximum atomic E-state index is 13.9. The van der Waals surface area contributed by atoms with Gasteiger partial charge >= 0.3 is 0 Å². The van der Waals surface area contributed by atoms with Gasteiger partial charge in [0.25, 0.3) is 0 Å². The molecule has 0 aliphatic heterocycles. The molecule has 0 aromatic rings. The zero-order valence-corrected chi connectivity index (χ0v) is 36.7. The van der Waals surface area contributed by atoms with Crippen LogP contribution in [0.3, 0.4) is 0 Å². The zero-order chi connectivity index (χ0) is 44.0. The van der Waals surface area contributed by atoms with Gasteiger partial charge in [0, 0.05) is 63.7 Å². The first-order valence-corrected chi connectivity index (χ1v) is 21.5. The number of guanidine groups is 3. The first-order chi connectivity index (χ1) is 27.4. The Kier molecular flexibility index (Phi) is 29.2. The summed E-state index contributed by atoms with van der Waals surface area (Å²) in [6, 6.07) is -1.10. The number of hydrogen-bond donors (Lipinski definition) is 12. The smallest absolute Gasteiger partial charge is 0.239 e. The van der Waals surface area contributed by atoms with Gasteiger partial charge in [-0.05, 0) is 76.0 Å². The predicted octanol–water partition coefficient (Wildman–Crippen LogP) is 1.82. The third-order valence-electron chi connectivity index (χ3n) is 10.7. The van der Waals surface area contributed by atoms with Crippen molar-refractivity contribution in [2.75, 3.05) is 45.8 Å². The minimum atomic E-state index is -0.545. The van der Waals surface area contributed by atoms with E-state index in [9.17, 15) is 19.2 Å². The fourth-order valence-electron chi connectivity index (χ4n) is 6.56. The van der Waals surface area contributed by atoms with E-state index in [0.717, 1.165) is 51.4 Å². The van der Waals surface area contributed by atoms with Crippen LogP contribution in [0.5, 0.6) is 0 Å². The van der Waals surface area contributed by atoms with Crippen molar-refractivity contribution in [3.8, 4) is 0 Å². The van der Waals surface area contributed by atoms with E-state index in [0.29, 0.717) is 51.7 Å². The maximum Gasteiger partial charge on any atom is 0.239 e. The second-order valence-corrected chi connectivity index (χ2v) is 16.0. The van der Waals surface area contributed by atoms with Gasteiger partial charge in [-0.25, -0.2) is 0 Å². The van der Waals surface area contributed by atoms with E-state index in [4.69, 9.17) is 39.2 Å². The molecule has 0 fully saturated rings. The summed E-state index contributed by atoms with van der Waals surface area (Å²) in [6.07, 6.45) is 9.93. The van der Waals surface area contributed by atoms with Crippen molar-refractivity contribution in [3.63, 3.8) is 0 Å². The molecule has 3 unspecified atom stereocenters. The molecule has 0 aromatic carbocycles. The third kappa shape index (κ3) is 26.5. The van der Waals surface area contributed by atoms with Crippen LogP contribution in [0.25, 0.3) is 0 Å². The fourth-order valence-corrected chi connectivity index (χ4v) is 6.56. The average Bonchev–Trinajstić information content (AvgIpc) is 3.15. The Bertz CT molecular complexity index is 1240. The zero-order valence-electron chi connectivity index (χ0n) is 36.7. The van der Waals surface area contributed by atoms with Crippen molar-refractivity contribution < 1.29 is 19.2 Å². The average molecular weight is 823 g/mol. The van der Waals surface area contributed by atoms with Gasteiger partial charge < -0.3 is 59.3 Å². The van der Waals surface area contributed by atoms with Crippen LogP contribution in [-0.4, -0.2) is 115 Å². The molecule has 0 saturated heterocycles. The monoisotopic (exact) mass is 823 g/mol. The molecule has 16 N–H and O–H groups in total. The molecule has 18 nitrogen and oxygen atoms in total. The quantitative estimate of drug-likeness (QED) is 0.0257. The number of rotatable bonds is 33. The second kappa shape index (κ2) is 31.6. The number of nitrogens with two attached hydrogens (primary N) is 4. The molecule has 4 amide bonds. The number of hydrogen-bond acceptors (Lipinski definition) is 8. The molecule has 0 saturated carbocycles. The Balaban J connectivity index is 6.22. The summed E-state index contributed by atoms with van der Waals surface area (Å²) in [5.74, 6) is -1.27. The highest BCUT2D eigenvalue weighted by molar-refractivity contribution is 5.86. The van der Waals surface area contributed by atoms with Gasteiger partial charge in [0.05, 0.1) is 13.1 Å². The van der Waals surface area contributed by atoms with E-state index in [1.165, 1.54) is 0 Å². The molecule has 0 radical (unpaired) electrons. The van der Waals surface area contributed by atoms with Crippen LogP contribution in [0, 0.1) is 34.0 Å². The maximum absolute atomic E-state index is 13.9. The number of nitrogens with zero attached hydrogens (tertiary/aromatic N) is 2. The molecule has 58 heavy (non-hydrogen) atoms. The summed E-state index contributed by atoms with van der Waals surface area (Å²) in [5.41, 5.74) is 22.9. The first kappa shape index (κ1) is 53.6. The predicted molar refractivity (Wildman–Crippen MR) is 234 cm³/mol. The first-order valence-electron chi connectivity index (χ1n) is 21.5. The van der Waals surface area contributed by atoms with Crippen LogP contribution in [0.1, 0.15) is 131 Å². The van der Waals surface area contributed by atoms with Gasteiger partial charge in [-0.15, -0.1) is 0 Å². The lowest BCUT2D eigenvalue weighted by Crippen LogP contribution is -2.54. The molecule has 0 aromatic heterocycles. The molecule has 0 bridgehead atoms. The van der Waals surface area contributed by atoms with Gasteiger partial charge in [0.15, 0.2) is 17.9 Å². The summed E-state index contributed by atoms with van der Waals surface area (Å²) < 4.78 is 0. The van der Waals surface area contributed by atoms with Gasteiger partial charge in [0.2, 0.25) is 23.6 Å². The van der Waals surface area contributed by atoms with Gasteiger partial charge in [0.1, 0.15) is 0 Å². The highest BCUT2D eigenvalue weighted by Crippen LogP contribution is 2.16. The van der Waals surface area contributed by atoms with Crippen molar-refractivity contribution in [3.05, 3.63) is 0 Å². The Morgan fingerprint density at radius 1 is 0.552 bits per heavy atom. The summed E-state index contributed by atoms with van der Waals surface area (Å²) >= 11 is 0. The highest BCUT2D eigenvalue weighted by atomic mass is 16.2. The molecule has 0 aliphatic rings. The number of amides is 4. The van der Waals surface area contributed by atoms with E-state index in [1.807, 2.05) is 27.7 Å². The lowest BCUT2D eigenvalue weighted by atomic mass is 9.95. The molecule has 6 atom stereocenters. The van der Waals surface area contributed by atoms with Crippen LogP contribution < -0.4 is 49.5 Å². The van der Waals surface area contributed by atoms with Crippen molar-refractivity contribution >= 4 is 41.5 Å². The van der Waals surface area contributed by atoms with E-state index >= 15 is 0 Å². The Morgan fingerprint density at radius 3 is 1.38 bits per heavy atom. The Hall–Kier alpha value is -4.35. The number of carbonyl (C=O) groups excluding carboxylic acids is 4. The van der Waals surface area contributed by atoms with Gasteiger partial charge in [-0.2, -0.15) is 0 Å². The Morgan fingerprint density at radius 2 is 0.948 bits per heavy atom. The SMILES string of the molecule is CCCCCC(=O)N(CC(=O)NC(CN(CC(=O)NC(C)[C@@H](C)CCCNC(=N)N)C(=O)CCCCC)[C@@H](C)CCCNC(=N)N)CC(N)[C@@H](C)CCCNC(=N)N. The minimum Gasteiger partial charge on any atom is -0.370 e. The molecule has 336 valence electrons. The minimum absolute atomic E-state index is 0.0343. The number of carbonyl (C=O) groups is 4. The largest absolute Gasteiger partial charge is 0.370 e. The number of unbranched alkanes of at least 4 members (excludes halogenated alkanes) is 4. The molecule has 18 heteroatoms. The van der Waals surface area contributed by atoms with E-state index in [-0.39, 0.29) is 104 Å². The molecular weight excluding hydrogens is 741 g/mol. The molecule has 0 spiro atoms. The summed E-state index contributed by atoms with van der Waals surface area (Å²) in [6.45, 7) is 13.6. The standard InChI is InChI=1S/C40H82N14O4/c1-7-9-11-19-36(57)53(24-32(41)29(4)17-14-22-49-39(44)45)27-35(56)52-33(30(5)18-15-23-50-40(46)47)25-54(37(58)20-12-10-8-2)26-34(55)51-31(6)28(3)16-13-21-48-38(42)43/h28-33H,7-27,41H2,1-6H3,(H,51,55)(H,52,56)(H4,42,43,48)(H4,44,45,49)(H4,46,47,50)/t28-,29-,30-,31?,32?,33?/m0/s1. The highest BCUT2D eigenvalue weighted by Gasteiger charge is 2.29. The third-order valence-corrected chi connectivity index (χ3v) is 10.7. The summed E-state index contributed by atoms with van der Waals surface area (Å²) in [4.78, 5) is 57.8. The lowest BCUT2D eigenvalue weighted by molar-refractivity contribution is -0.138. The van der Waals surface area contributed by atoms with E-state index in [1.54, 1.807) is 9.80 Å². The molecule has 0 heterocycles. The normalized spacial score (nSPS) is 14.1. The van der Waals surface area contributed by atoms with Crippen LogP contribution in [0.4, 0.5) is 0 Å². The van der Waals surface area contributed by atoms with Crippen LogP contribution in [0.2, 0.25) is 0 Å².